The highest BCUT2D eigenvalue weighted by Crippen LogP contribution is 2.14. The molecule has 0 aliphatic carbocycles. The first-order valence-electron chi connectivity index (χ1n) is 5.20. The van der Waals surface area contributed by atoms with E-state index < -0.39 is 0 Å². The van der Waals surface area contributed by atoms with Gasteiger partial charge in [0.2, 0.25) is 0 Å². The van der Waals surface area contributed by atoms with Gasteiger partial charge in [0.1, 0.15) is 5.69 Å². The number of H-pyrrole nitrogens is 1. The second-order valence-electron chi connectivity index (χ2n) is 3.77. The third kappa shape index (κ3) is 2.34. The lowest BCUT2D eigenvalue weighted by molar-refractivity contribution is 0.712. The lowest BCUT2D eigenvalue weighted by Gasteiger charge is -2.08. The molecule has 2 heterocycles. The molecule has 0 aliphatic rings. The van der Waals surface area contributed by atoms with Crippen LogP contribution in [0.15, 0.2) is 41.7 Å². The van der Waals surface area contributed by atoms with Gasteiger partial charge in [0.05, 0.1) is 0 Å². The molecular weight excluding hydrogens is 202 g/mol. The van der Waals surface area contributed by atoms with Gasteiger partial charge in [0.15, 0.2) is 0 Å². The predicted molar refractivity (Wildman–Crippen MR) is 61.2 cm³/mol. The Balaban J connectivity index is 2.18. The topological polar surface area (TPSA) is 58.6 Å². The summed E-state index contributed by atoms with van der Waals surface area (Å²) in [6.45, 7) is 1.99. The summed E-state index contributed by atoms with van der Waals surface area (Å²) in [4.78, 5) is 22.3. The molecule has 0 fully saturated rings. The monoisotopic (exact) mass is 215 g/mol. The summed E-state index contributed by atoms with van der Waals surface area (Å²) >= 11 is 0. The van der Waals surface area contributed by atoms with Gasteiger partial charge in [0, 0.05) is 30.7 Å². The van der Waals surface area contributed by atoms with Gasteiger partial charge in [-0.05, 0) is 18.1 Å². The van der Waals surface area contributed by atoms with Crippen molar-refractivity contribution in [3.8, 4) is 0 Å². The van der Waals surface area contributed by atoms with E-state index in [4.69, 9.17) is 0 Å². The Morgan fingerprint density at radius 1 is 1.44 bits per heavy atom. The molecule has 4 heteroatoms. The summed E-state index contributed by atoms with van der Waals surface area (Å²) in [5, 5.41) is 0. The first kappa shape index (κ1) is 10.5. The van der Waals surface area contributed by atoms with Gasteiger partial charge in [-0.3, -0.25) is 14.8 Å². The van der Waals surface area contributed by atoms with E-state index in [0.717, 1.165) is 12.0 Å². The summed E-state index contributed by atoms with van der Waals surface area (Å²) in [5.41, 5.74) is 1.57. The maximum Gasteiger partial charge on any atom is 0.269 e. The van der Waals surface area contributed by atoms with E-state index >= 15 is 0 Å². The lowest BCUT2D eigenvalue weighted by Crippen LogP contribution is -2.17. The highest BCUT2D eigenvalue weighted by atomic mass is 16.1. The molecule has 2 rings (SSSR count). The van der Waals surface area contributed by atoms with Crippen LogP contribution in [0.25, 0.3) is 0 Å². The zero-order valence-corrected chi connectivity index (χ0v) is 9.05. The molecule has 0 bridgehead atoms. The quantitative estimate of drug-likeness (QED) is 0.844. The van der Waals surface area contributed by atoms with Gasteiger partial charge < -0.3 is 4.98 Å². The van der Waals surface area contributed by atoms with Gasteiger partial charge in [0.25, 0.3) is 5.56 Å². The highest BCUT2D eigenvalue weighted by Gasteiger charge is 2.11. The minimum atomic E-state index is -0.112. The molecule has 2 aromatic heterocycles. The van der Waals surface area contributed by atoms with Gasteiger partial charge in [-0.2, -0.15) is 0 Å². The lowest BCUT2D eigenvalue weighted by atomic mass is 9.99. The number of aromatic amines is 1. The maximum atomic E-state index is 11.5. The van der Waals surface area contributed by atoms with Crippen molar-refractivity contribution in [1.82, 2.24) is 15.0 Å². The Labute approximate surface area is 93.4 Å². The van der Waals surface area contributed by atoms with Crippen molar-refractivity contribution < 1.29 is 0 Å². The average molecular weight is 215 g/mol. The van der Waals surface area contributed by atoms with Crippen LogP contribution in [0.3, 0.4) is 0 Å². The Hall–Kier alpha value is -1.97. The molecular formula is C12H13N3O. The molecule has 0 spiro atoms. The van der Waals surface area contributed by atoms with Crippen molar-refractivity contribution in [3.05, 3.63) is 58.5 Å². The first-order chi connectivity index (χ1) is 7.77. The third-order valence-corrected chi connectivity index (χ3v) is 2.47. The van der Waals surface area contributed by atoms with Crippen LogP contribution in [0.2, 0.25) is 0 Å². The number of nitrogens with one attached hydrogen (secondary N) is 1. The standard InChI is InChI=1S/C12H13N3O/c1-9(7-10-3-2-4-13-8-10)11-12(16)15-6-5-14-11/h2-6,8-9H,7H2,1H3,(H,15,16). The molecule has 0 saturated heterocycles. The molecule has 82 valence electrons. The minimum absolute atomic E-state index is 0.0918. The molecule has 1 atom stereocenters. The molecule has 0 amide bonds. The largest absolute Gasteiger partial charge is 0.326 e. The van der Waals surface area contributed by atoms with Gasteiger partial charge in [-0.1, -0.05) is 13.0 Å². The summed E-state index contributed by atoms with van der Waals surface area (Å²) in [6, 6.07) is 3.89. The fraction of sp³-hybridized carbons (Fsp3) is 0.250. The fourth-order valence-corrected chi connectivity index (χ4v) is 1.68. The van der Waals surface area contributed by atoms with E-state index in [2.05, 4.69) is 15.0 Å². The molecule has 1 N–H and O–H groups in total. The van der Waals surface area contributed by atoms with Crippen LogP contribution in [0.1, 0.15) is 24.1 Å². The summed E-state index contributed by atoms with van der Waals surface area (Å²) in [7, 11) is 0. The third-order valence-electron chi connectivity index (χ3n) is 2.47. The van der Waals surface area contributed by atoms with Gasteiger partial charge in [-0.15, -0.1) is 0 Å². The first-order valence-corrected chi connectivity index (χ1v) is 5.20. The van der Waals surface area contributed by atoms with Crippen LogP contribution in [-0.2, 0) is 6.42 Å². The van der Waals surface area contributed by atoms with Crippen molar-refractivity contribution in [3.63, 3.8) is 0 Å². The van der Waals surface area contributed by atoms with Gasteiger partial charge >= 0.3 is 0 Å². The summed E-state index contributed by atoms with van der Waals surface area (Å²) < 4.78 is 0. The Bertz CT molecular complexity index is 507. The molecule has 0 aliphatic heterocycles. The molecule has 0 radical (unpaired) electrons. The second kappa shape index (κ2) is 4.70. The van der Waals surface area contributed by atoms with Crippen LogP contribution >= 0.6 is 0 Å². The Morgan fingerprint density at radius 2 is 2.31 bits per heavy atom. The Kier molecular flexibility index (Phi) is 3.10. The molecule has 0 saturated carbocycles. The van der Waals surface area contributed by atoms with Gasteiger partial charge in [-0.25, -0.2) is 0 Å². The van der Waals surface area contributed by atoms with Crippen LogP contribution in [-0.4, -0.2) is 15.0 Å². The van der Waals surface area contributed by atoms with Crippen LogP contribution < -0.4 is 5.56 Å². The zero-order chi connectivity index (χ0) is 11.4. The normalized spacial score (nSPS) is 12.3. The highest BCUT2D eigenvalue weighted by molar-refractivity contribution is 5.14. The van der Waals surface area contributed by atoms with E-state index in [9.17, 15) is 4.79 Å². The number of hydrogen-bond donors (Lipinski definition) is 1. The fourth-order valence-electron chi connectivity index (χ4n) is 1.68. The van der Waals surface area contributed by atoms with E-state index in [1.807, 2.05) is 25.3 Å². The van der Waals surface area contributed by atoms with E-state index in [0.29, 0.717) is 5.69 Å². The number of pyridine rings is 1. The molecule has 0 aromatic carbocycles. The number of hydrogen-bond acceptors (Lipinski definition) is 3. The zero-order valence-electron chi connectivity index (χ0n) is 9.05. The van der Waals surface area contributed by atoms with E-state index in [1.165, 1.54) is 0 Å². The van der Waals surface area contributed by atoms with Crippen molar-refractivity contribution >= 4 is 0 Å². The number of nitrogens with zero attached hydrogens (tertiary/aromatic N) is 2. The smallest absolute Gasteiger partial charge is 0.269 e. The van der Waals surface area contributed by atoms with E-state index in [1.54, 1.807) is 18.6 Å². The van der Waals surface area contributed by atoms with Crippen molar-refractivity contribution in [2.75, 3.05) is 0 Å². The van der Waals surface area contributed by atoms with Crippen molar-refractivity contribution in [1.29, 1.82) is 0 Å². The number of rotatable bonds is 3. The Morgan fingerprint density at radius 3 is 3.00 bits per heavy atom. The molecule has 2 aromatic rings. The summed E-state index contributed by atoms with van der Waals surface area (Å²) in [5.74, 6) is 0.0918. The number of aromatic nitrogens is 3. The minimum Gasteiger partial charge on any atom is -0.326 e. The van der Waals surface area contributed by atoms with Crippen LogP contribution in [0.4, 0.5) is 0 Å². The SMILES string of the molecule is CC(Cc1cccnc1)c1ncc[nH]c1=O. The van der Waals surface area contributed by atoms with Crippen molar-refractivity contribution in [2.24, 2.45) is 0 Å². The van der Waals surface area contributed by atoms with Crippen LogP contribution in [0.5, 0.6) is 0 Å². The summed E-state index contributed by atoms with van der Waals surface area (Å²) in [6.07, 6.45) is 7.47. The molecule has 4 nitrogen and oxygen atoms in total. The molecule has 1 unspecified atom stereocenters. The molecule has 16 heavy (non-hydrogen) atoms. The van der Waals surface area contributed by atoms with Crippen molar-refractivity contribution in [2.45, 2.75) is 19.3 Å². The maximum absolute atomic E-state index is 11.5. The predicted octanol–water partition coefficient (Wildman–Crippen LogP) is 1.51. The van der Waals surface area contributed by atoms with Crippen LogP contribution in [0, 0.1) is 0 Å². The second-order valence-corrected chi connectivity index (χ2v) is 3.77. The van der Waals surface area contributed by atoms with E-state index in [-0.39, 0.29) is 11.5 Å². The average Bonchev–Trinajstić information content (AvgIpc) is 2.31.